The molecule has 0 fully saturated rings. The van der Waals surface area contributed by atoms with Crippen molar-refractivity contribution in [2.75, 3.05) is 17.7 Å². The van der Waals surface area contributed by atoms with E-state index in [-0.39, 0.29) is 11.8 Å². The highest BCUT2D eigenvalue weighted by Crippen LogP contribution is 2.28. The van der Waals surface area contributed by atoms with Crippen molar-refractivity contribution in [2.45, 2.75) is 26.3 Å². The van der Waals surface area contributed by atoms with Gasteiger partial charge in [0.2, 0.25) is 11.0 Å². The molecule has 1 aromatic heterocycles. The summed E-state index contributed by atoms with van der Waals surface area (Å²) in [7, 11) is 1.53. The zero-order chi connectivity index (χ0) is 23.1. The third-order valence-electron chi connectivity index (χ3n) is 4.86. The number of methoxy groups -OCH3 is 1. The SMILES string of the molecule is CCC(C)C(NC(=O)Nc1ccccc1OC)C(=O)Nc1nnc(-c2cccc(Br)c2)s1. The molecule has 0 saturated heterocycles. The summed E-state index contributed by atoms with van der Waals surface area (Å²) < 4.78 is 6.18. The Labute approximate surface area is 198 Å². The predicted molar refractivity (Wildman–Crippen MR) is 130 cm³/mol. The Hall–Kier alpha value is -2.98. The molecule has 168 valence electrons. The van der Waals surface area contributed by atoms with Crippen molar-refractivity contribution in [2.24, 2.45) is 5.92 Å². The van der Waals surface area contributed by atoms with Gasteiger partial charge < -0.3 is 15.4 Å². The van der Waals surface area contributed by atoms with Crippen LogP contribution in [-0.4, -0.2) is 35.3 Å². The monoisotopic (exact) mass is 517 g/mol. The molecule has 10 heteroatoms. The van der Waals surface area contributed by atoms with Gasteiger partial charge >= 0.3 is 6.03 Å². The average molecular weight is 518 g/mol. The molecule has 3 N–H and O–H groups in total. The van der Waals surface area contributed by atoms with Crippen LogP contribution < -0.4 is 20.7 Å². The number of hydrogen-bond acceptors (Lipinski definition) is 6. The van der Waals surface area contributed by atoms with E-state index in [4.69, 9.17) is 4.74 Å². The fraction of sp³-hybridized carbons (Fsp3) is 0.273. The third kappa shape index (κ3) is 6.04. The van der Waals surface area contributed by atoms with Gasteiger partial charge in [-0.25, -0.2) is 4.79 Å². The maximum absolute atomic E-state index is 13.0. The molecule has 3 amide bonds. The fourth-order valence-electron chi connectivity index (χ4n) is 2.94. The minimum atomic E-state index is -0.757. The van der Waals surface area contributed by atoms with E-state index in [1.54, 1.807) is 18.2 Å². The number of urea groups is 1. The van der Waals surface area contributed by atoms with Gasteiger partial charge in [0, 0.05) is 10.0 Å². The Balaban J connectivity index is 1.69. The number of benzene rings is 2. The molecule has 8 nitrogen and oxygen atoms in total. The molecule has 2 unspecified atom stereocenters. The molecule has 2 aromatic carbocycles. The number of carbonyl (C=O) groups is 2. The van der Waals surface area contributed by atoms with Crippen LogP contribution in [0.3, 0.4) is 0 Å². The molecule has 0 saturated carbocycles. The van der Waals surface area contributed by atoms with Crippen LogP contribution in [0.4, 0.5) is 15.6 Å². The highest BCUT2D eigenvalue weighted by atomic mass is 79.9. The lowest BCUT2D eigenvalue weighted by molar-refractivity contribution is -0.119. The van der Waals surface area contributed by atoms with Gasteiger partial charge in [0.05, 0.1) is 12.8 Å². The lowest BCUT2D eigenvalue weighted by Crippen LogP contribution is -2.49. The number of nitrogens with one attached hydrogen (secondary N) is 3. The molecule has 0 spiro atoms. The number of nitrogens with zero attached hydrogens (tertiary/aromatic N) is 2. The number of aromatic nitrogens is 2. The van der Waals surface area contributed by atoms with Crippen molar-refractivity contribution >= 4 is 50.0 Å². The summed E-state index contributed by atoms with van der Waals surface area (Å²) in [6, 6.07) is 13.5. The quantitative estimate of drug-likeness (QED) is 0.383. The van der Waals surface area contributed by atoms with Crippen LogP contribution in [0.1, 0.15) is 20.3 Å². The summed E-state index contributed by atoms with van der Waals surface area (Å²) in [5.41, 5.74) is 1.41. The maximum Gasteiger partial charge on any atom is 0.320 e. The Morgan fingerprint density at radius 2 is 1.91 bits per heavy atom. The second kappa shape index (κ2) is 11.1. The molecule has 0 aliphatic rings. The lowest BCUT2D eigenvalue weighted by Gasteiger charge is -2.23. The topological polar surface area (TPSA) is 105 Å². The molecule has 3 rings (SSSR count). The van der Waals surface area contributed by atoms with Gasteiger partial charge in [-0.3, -0.25) is 10.1 Å². The number of ether oxygens (including phenoxy) is 1. The van der Waals surface area contributed by atoms with Gasteiger partial charge in [0.15, 0.2) is 0 Å². The number of amides is 3. The molecule has 0 aliphatic heterocycles. The largest absolute Gasteiger partial charge is 0.495 e. The number of carbonyl (C=O) groups excluding carboxylic acids is 2. The summed E-state index contributed by atoms with van der Waals surface area (Å²) in [6.45, 7) is 3.86. The third-order valence-corrected chi connectivity index (χ3v) is 6.24. The van der Waals surface area contributed by atoms with Gasteiger partial charge in [-0.2, -0.15) is 0 Å². The van der Waals surface area contributed by atoms with Crippen LogP contribution in [-0.2, 0) is 4.79 Å². The van der Waals surface area contributed by atoms with Gasteiger partial charge in [-0.05, 0) is 30.2 Å². The standard InChI is InChI=1S/C22H24BrN5O3S/c1-4-13(2)18(25-21(30)24-16-10-5-6-11-17(16)31-3)19(29)26-22-28-27-20(32-22)14-8-7-9-15(23)12-14/h5-13,18H,4H2,1-3H3,(H2,24,25,30)(H,26,28,29). The van der Waals surface area contributed by atoms with E-state index < -0.39 is 12.1 Å². The van der Waals surface area contributed by atoms with E-state index in [2.05, 4.69) is 42.1 Å². The first-order valence-electron chi connectivity index (χ1n) is 10.0. The smallest absolute Gasteiger partial charge is 0.320 e. The van der Waals surface area contributed by atoms with Crippen molar-refractivity contribution in [1.82, 2.24) is 15.5 Å². The molecule has 3 aromatic rings. The van der Waals surface area contributed by atoms with E-state index in [0.717, 1.165) is 10.0 Å². The molecule has 32 heavy (non-hydrogen) atoms. The predicted octanol–water partition coefficient (Wildman–Crippen LogP) is 5.15. The summed E-state index contributed by atoms with van der Waals surface area (Å²) in [5.74, 6) is 0.0727. The highest BCUT2D eigenvalue weighted by molar-refractivity contribution is 9.10. The minimum Gasteiger partial charge on any atom is -0.495 e. The van der Waals surface area contributed by atoms with Gasteiger partial charge in [-0.1, -0.05) is 71.8 Å². The fourth-order valence-corrected chi connectivity index (χ4v) is 4.09. The van der Waals surface area contributed by atoms with E-state index >= 15 is 0 Å². The van der Waals surface area contributed by atoms with Gasteiger partial charge in [-0.15, -0.1) is 10.2 Å². The maximum atomic E-state index is 13.0. The number of para-hydroxylation sites is 2. The van der Waals surface area contributed by atoms with Crippen LogP contribution >= 0.6 is 27.3 Å². The first kappa shape index (κ1) is 23.7. The summed E-state index contributed by atoms with van der Waals surface area (Å²) >= 11 is 4.70. The van der Waals surface area contributed by atoms with E-state index in [9.17, 15) is 9.59 Å². The van der Waals surface area contributed by atoms with E-state index in [0.29, 0.717) is 28.0 Å². The zero-order valence-corrected chi connectivity index (χ0v) is 20.3. The Morgan fingerprint density at radius 1 is 1.12 bits per heavy atom. The Morgan fingerprint density at radius 3 is 2.62 bits per heavy atom. The second-order valence-corrected chi connectivity index (χ2v) is 8.97. The van der Waals surface area contributed by atoms with Crippen molar-refractivity contribution in [3.63, 3.8) is 0 Å². The molecule has 0 radical (unpaired) electrons. The van der Waals surface area contributed by atoms with Crippen molar-refractivity contribution in [3.05, 3.63) is 53.0 Å². The molecular weight excluding hydrogens is 494 g/mol. The Kier molecular flexibility index (Phi) is 8.18. The first-order valence-corrected chi connectivity index (χ1v) is 11.6. The molecular formula is C22H24BrN5O3S. The number of rotatable bonds is 8. The molecule has 2 atom stereocenters. The highest BCUT2D eigenvalue weighted by Gasteiger charge is 2.27. The van der Waals surface area contributed by atoms with Crippen LogP contribution in [0.5, 0.6) is 5.75 Å². The van der Waals surface area contributed by atoms with Crippen LogP contribution in [0.25, 0.3) is 10.6 Å². The summed E-state index contributed by atoms with van der Waals surface area (Å²) in [6.07, 6.45) is 0.701. The number of anilines is 2. The summed E-state index contributed by atoms with van der Waals surface area (Å²) in [5, 5.41) is 17.6. The zero-order valence-electron chi connectivity index (χ0n) is 17.9. The van der Waals surface area contributed by atoms with E-state index in [1.807, 2.05) is 44.2 Å². The normalized spacial score (nSPS) is 12.5. The Bertz CT molecular complexity index is 1090. The van der Waals surface area contributed by atoms with Gasteiger partial charge in [0.1, 0.15) is 16.8 Å². The molecule has 1 heterocycles. The summed E-state index contributed by atoms with van der Waals surface area (Å²) in [4.78, 5) is 25.6. The second-order valence-electron chi connectivity index (χ2n) is 7.07. The average Bonchev–Trinajstić information content (AvgIpc) is 3.25. The minimum absolute atomic E-state index is 0.101. The van der Waals surface area contributed by atoms with Crippen molar-refractivity contribution in [3.8, 4) is 16.3 Å². The van der Waals surface area contributed by atoms with Gasteiger partial charge in [0.25, 0.3) is 0 Å². The molecule has 0 bridgehead atoms. The van der Waals surface area contributed by atoms with Crippen molar-refractivity contribution in [1.29, 1.82) is 0 Å². The van der Waals surface area contributed by atoms with Crippen molar-refractivity contribution < 1.29 is 14.3 Å². The number of hydrogen-bond donors (Lipinski definition) is 3. The van der Waals surface area contributed by atoms with Crippen LogP contribution in [0.15, 0.2) is 53.0 Å². The van der Waals surface area contributed by atoms with E-state index in [1.165, 1.54) is 18.4 Å². The first-order chi connectivity index (χ1) is 15.4. The number of halogens is 1. The van der Waals surface area contributed by atoms with Crippen LogP contribution in [0, 0.1) is 5.92 Å². The molecule has 0 aliphatic carbocycles. The van der Waals surface area contributed by atoms with Crippen LogP contribution in [0.2, 0.25) is 0 Å². The lowest BCUT2D eigenvalue weighted by atomic mass is 9.98.